The average Bonchev–Trinajstić information content (AvgIpc) is 2.53. The fourth-order valence-corrected chi connectivity index (χ4v) is 3.12. The number of nitriles is 1. The van der Waals surface area contributed by atoms with E-state index in [4.69, 9.17) is 16.9 Å². The first-order valence-corrected chi connectivity index (χ1v) is 7.57. The number of carbonyl (C=O) groups excluding carboxylic acids is 1. The third kappa shape index (κ3) is 3.52. The van der Waals surface area contributed by atoms with Crippen LogP contribution in [0.5, 0.6) is 0 Å². The van der Waals surface area contributed by atoms with Crippen molar-refractivity contribution < 1.29 is 4.79 Å². The summed E-state index contributed by atoms with van der Waals surface area (Å²) in [6, 6.07) is 8.81. The first-order chi connectivity index (χ1) is 9.69. The van der Waals surface area contributed by atoms with E-state index in [1.807, 2.05) is 6.07 Å². The van der Waals surface area contributed by atoms with E-state index in [1.54, 1.807) is 24.3 Å². The lowest BCUT2D eigenvalue weighted by molar-refractivity contribution is 0.0921. The van der Waals surface area contributed by atoms with E-state index in [0.717, 1.165) is 12.8 Å². The number of nitrogens with one attached hydrogen (secondary N) is 1. The van der Waals surface area contributed by atoms with Crippen LogP contribution in [0.2, 0.25) is 0 Å². The molecule has 2 rings (SSSR count). The van der Waals surface area contributed by atoms with Crippen LogP contribution >= 0.6 is 11.6 Å². The summed E-state index contributed by atoms with van der Waals surface area (Å²) in [7, 11) is 0. The van der Waals surface area contributed by atoms with Crippen LogP contribution in [0, 0.1) is 16.7 Å². The van der Waals surface area contributed by atoms with Gasteiger partial charge in [0.2, 0.25) is 0 Å². The topological polar surface area (TPSA) is 52.9 Å². The third-order valence-electron chi connectivity index (χ3n) is 4.08. The standard InChI is InChI=1S/C16H19ClN2O/c17-11-16(7-2-1-3-8-16)12-19-15(20)14-6-4-5-13(9-14)10-18/h4-6,9H,1-3,7-8,11-12H2,(H,19,20). The van der Waals surface area contributed by atoms with Gasteiger partial charge in [-0.15, -0.1) is 11.6 Å². The molecule has 20 heavy (non-hydrogen) atoms. The maximum atomic E-state index is 12.2. The number of alkyl halides is 1. The highest BCUT2D eigenvalue weighted by atomic mass is 35.5. The van der Waals surface area contributed by atoms with E-state index < -0.39 is 0 Å². The summed E-state index contributed by atoms with van der Waals surface area (Å²) in [6.07, 6.45) is 5.79. The molecule has 1 aromatic rings. The highest BCUT2D eigenvalue weighted by Gasteiger charge is 2.31. The van der Waals surface area contributed by atoms with Crippen molar-refractivity contribution in [1.82, 2.24) is 5.32 Å². The summed E-state index contributed by atoms with van der Waals surface area (Å²) in [6.45, 7) is 0.617. The van der Waals surface area contributed by atoms with Crippen molar-refractivity contribution in [3.8, 4) is 6.07 Å². The minimum atomic E-state index is -0.128. The van der Waals surface area contributed by atoms with E-state index in [-0.39, 0.29) is 11.3 Å². The number of benzene rings is 1. The van der Waals surface area contributed by atoms with Crippen molar-refractivity contribution in [2.24, 2.45) is 5.41 Å². The number of nitrogens with zero attached hydrogens (tertiary/aromatic N) is 1. The Morgan fingerprint density at radius 1 is 1.35 bits per heavy atom. The Morgan fingerprint density at radius 2 is 2.10 bits per heavy atom. The summed E-state index contributed by atoms with van der Waals surface area (Å²) in [5, 5.41) is 11.8. The van der Waals surface area contributed by atoms with Crippen molar-refractivity contribution >= 4 is 17.5 Å². The zero-order valence-electron chi connectivity index (χ0n) is 11.5. The largest absolute Gasteiger partial charge is 0.351 e. The average molecular weight is 291 g/mol. The Kier molecular flexibility index (Phi) is 5.03. The summed E-state index contributed by atoms with van der Waals surface area (Å²) in [4.78, 5) is 12.2. The minimum Gasteiger partial charge on any atom is -0.351 e. The van der Waals surface area contributed by atoms with Crippen LogP contribution in [0.3, 0.4) is 0 Å². The van der Waals surface area contributed by atoms with Gasteiger partial charge < -0.3 is 5.32 Å². The molecule has 1 aromatic carbocycles. The van der Waals surface area contributed by atoms with Crippen molar-refractivity contribution in [2.75, 3.05) is 12.4 Å². The van der Waals surface area contributed by atoms with E-state index >= 15 is 0 Å². The molecule has 0 atom stereocenters. The van der Waals surface area contributed by atoms with Crippen LogP contribution < -0.4 is 5.32 Å². The number of rotatable bonds is 4. The second-order valence-electron chi connectivity index (χ2n) is 5.57. The molecular weight excluding hydrogens is 272 g/mol. The van der Waals surface area contributed by atoms with E-state index in [2.05, 4.69) is 5.32 Å². The van der Waals surface area contributed by atoms with Gasteiger partial charge in [0.05, 0.1) is 11.6 Å². The van der Waals surface area contributed by atoms with Gasteiger partial charge in [0, 0.05) is 23.4 Å². The van der Waals surface area contributed by atoms with Gasteiger partial charge in [-0.3, -0.25) is 4.79 Å². The Bertz CT molecular complexity index is 515. The van der Waals surface area contributed by atoms with Crippen LogP contribution in [-0.4, -0.2) is 18.3 Å². The Hall–Kier alpha value is -1.53. The third-order valence-corrected chi connectivity index (χ3v) is 4.64. The highest BCUT2D eigenvalue weighted by molar-refractivity contribution is 6.18. The summed E-state index contributed by atoms with van der Waals surface area (Å²) >= 11 is 6.12. The van der Waals surface area contributed by atoms with Gasteiger partial charge in [-0.1, -0.05) is 25.3 Å². The molecule has 1 saturated carbocycles. The molecule has 0 radical (unpaired) electrons. The molecule has 0 aliphatic heterocycles. The van der Waals surface area contributed by atoms with Crippen molar-refractivity contribution in [2.45, 2.75) is 32.1 Å². The summed E-state index contributed by atoms with van der Waals surface area (Å²) in [5.41, 5.74) is 1.08. The highest BCUT2D eigenvalue weighted by Crippen LogP contribution is 2.36. The van der Waals surface area contributed by atoms with Crippen LogP contribution in [0.4, 0.5) is 0 Å². The lowest BCUT2D eigenvalue weighted by Crippen LogP contribution is -2.40. The van der Waals surface area contributed by atoms with Crippen LogP contribution in [0.25, 0.3) is 0 Å². The Morgan fingerprint density at radius 3 is 2.75 bits per heavy atom. The van der Waals surface area contributed by atoms with E-state index in [0.29, 0.717) is 23.6 Å². The predicted octanol–water partition coefficient (Wildman–Crippen LogP) is 3.48. The molecule has 1 aliphatic rings. The molecule has 1 aliphatic carbocycles. The predicted molar refractivity (Wildman–Crippen MR) is 79.7 cm³/mol. The second-order valence-corrected chi connectivity index (χ2v) is 5.84. The minimum absolute atomic E-state index is 0.0440. The normalized spacial score (nSPS) is 17.2. The summed E-state index contributed by atoms with van der Waals surface area (Å²) in [5.74, 6) is 0.461. The molecular formula is C16H19ClN2O. The van der Waals surface area contributed by atoms with E-state index in [9.17, 15) is 4.79 Å². The van der Waals surface area contributed by atoms with Crippen molar-refractivity contribution in [3.63, 3.8) is 0 Å². The number of carbonyl (C=O) groups is 1. The number of halogens is 1. The van der Waals surface area contributed by atoms with Gasteiger partial charge in [-0.05, 0) is 31.0 Å². The number of amides is 1. The lowest BCUT2D eigenvalue weighted by Gasteiger charge is -2.35. The molecule has 1 N–H and O–H groups in total. The smallest absolute Gasteiger partial charge is 0.251 e. The first kappa shape index (κ1) is 14.9. The van der Waals surface area contributed by atoms with Crippen LogP contribution in [0.15, 0.2) is 24.3 Å². The Labute approximate surface area is 124 Å². The van der Waals surface area contributed by atoms with Gasteiger partial charge in [0.1, 0.15) is 0 Å². The van der Waals surface area contributed by atoms with Crippen LogP contribution in [0.1, 0.15) is 48.0 Å². The maximum Gasteiger partial charge on any atom is 0.251 e. The molecule has 0 aromatic heterocycles. The molecule has 0 bridgehead atoms. The first-order valence-electron chi connectivity index (χ1n) is 7.03. The molecule has 0 spiro atoms. The molecule has 1 fully saturated rings. The molecule has 0 unspecified atom stereocenters. The van der Waals surface area contributed by atoms with Crippen molar-refractivity contribution in [1.29, 1.82) is 5.26 Å². The number of hydrogen-bond donors (Lipinski definition) is 1. The maximum absolute atomic E-state index is 12.2. The second kappa shape index (κ2) is 6.76. The molecule has 0 heterocycles. The molecule has 4 heteroatoms. The fraction of sp³-hybridized carbons (Fsp3) is 0.500. The SMILES string of the molecule is N#Cc1cccc(C(=O)NCC2(CCl)CCCCC2)c1. The molecule has 1 amide bonds. The lowest BCUT2D eigenvalue weighted by atomic mass is 9.75. The summed E-state index contributed by atoms with van der Waals surface area (Å²) < 4.78 is 0. The molecule has 106 valence electrons. The van der Waals surface area contributed by atoms with E-state index in [1.165, 1.54) is 19.3 Å². The number of hydrogen-bond acceptors (Lipinski definition) is 2. The van der Waals surface area contributed by atoms with Gasteiger partial charge in [-0.2, -0.15) is 5.26 Å². The van der Waals surface area contributed by atoms with Gasteiger partial charge >= 0.3 is 0 Å². The van der Waals surface area contributed by atoms with Crippen molar-refractivity contribution in [3.05, 3.63) is 35.4 Å². The Balaban J connectivity index is 1.99. The fourth-order valence-electron chi connectivity index (χ4n) is 2.76. The van der Waals surface area contributed by atoms with Gasteiger partial charge in [0.15, 0.2) is 0 Å². The van der Waals surface area contributed by atoms with Gasteiger partial charge in [0.25, 0.3) is 5.91 Å². The zero-order valence-corrected chi connectivity index (χ0v) is 12.2. The molecule has 3 nitrogen and oxygen atoms in total. The van der Waals surface area contributed by atoms with Gasteiger partial charge in [-0.25, -0.2) is 0 Å². The van der Waals surface area contributed by atoms with Crippen LogP contribution in [-0.2, 0) is 0 Å². The quantitative estimate of drug-likeness (QED) is 0.863. The molecule has 0 saturated heterocycles. The monoisotopic (exact) mass is 290 g/mol. The zero-order chi connectivity index (χ0) is 14.4.